The zero-order valence-electron chi connectivity index (χ0n) is 16.0. The molecule has 0 fully saturated rings. The lowest BCUT2D eigenvalue weighted by atomic mass is 9.89. The van der Waals surface area contributed by atoms with Gasteiger partial charge in [0.15, 0.2) is 0 Å². The SMILES string of the molecule is CCC(CCCCCCCCC[Si](O)(O)O)c1ccc2ccccc2c1. The second-order valence-electron chi connectivity index (χ2n) is 7.50. The van der Waals surface area contributed by atoms with Gasteiger partial charge in [0.05, 0.1) is 0 Å². The van der Waals surface area contributed by atoms with Crippen LogP contribution in [0.15, 0.2) is 42.5 Å². The van der Waals surface area contributed by atoms with Crippen LogP contribution < -0.4 is 0 Å². The molecule has 0 saturated carbocycles. The zero-order chi connectivity index (χ0) is 18.8. The molecule has 4 heteroatoms. The van der Waals surface area contributed by atoms with Crippen molar-refractivity contribution >= 4 is 19.6 Å². The molecular weight excluding hydrogens is 340 g/mol. The average molecular weight is 375 g/mol. The maximum absolute atomic E-state index is 8.97. The molecule has 1 unspecified atom stereocenters. The van der Waals surface area contributed by atoms with E-state index in [1.54, 1.807) is 0 Å². The molecule has 0 spiro atoms. The van der Waals surface area contributed by atoms with E-state index in [1.807, 2.05) is 0 Å². The zero-order valence-corrected chi connectivity index (χ0v) is 17.0. The van der Waals surface area contributed by atoms with Crippen molar-refractivity contribution in [3.05, 3.63) is 48.0 Å². The smallest absolute Gasteiger partial charge is 0.390 e. The van der Waals surface area contributed by atoms with Crippen LogP contribution in [0.2, 0.25) is 6.04 Å². The standard InChI is InChI=1S/C22H34O3Si/c1-2-19(22-16-15-20-13-9-10-14-21(20)18-22)12-8-6-4-3-5-7-11-17-26(23,24)25/h9-10,13-16,18-19,23-25H,2-8,11-12,17H2,1H3. The van der Waals surface area contributed by atoms with Crippen LogP contribution in [0.25, 0.3) is 10.8 Å². The predicted molar refractivity (Wildman–Crippen MR) is 111 cm³/mol. The van der Waals surface area contributed by atoms with E-state index in [0.29, 0.717) is 5.92 Å². The van der Waals surface area contributed by atoms with Crippen molar-refractivity contribution < 1.29 is 14.4 Å². The Labute approximate surface area is 159 Å². The number of benzene rings is 2. The monoisotopic (exact) mass is 374 g/mol. The minimum atomic E-state index is -3.80. The van der Waals surface area contributed by atoms with Crippen molar-refractivity contribution in [2.24, 2.45) is 0 Å². The molecule has 0 amide bonds. The van der Waals surface area contributed by atoms with Crippen molar-refractivity contribution in [2.75, 3.05) is 0 Å². The molecule has 1 atom stereocenters. The van der Waals surface area contributed by atoms with Gasteiger partial charge in [-0.1, -0.05) is 87.9 Å². The molecule has 2 rings (SSSR count). The maximum Gasteiger partial charge on any atom is 0.492 e. The van der Waals surface area contributed by atoms with E-state index >= 15 is 0 Å². The van der Waals surface area contributed by atoms with Gasteiger partial charge in [-0.05, 0) is 41.5 Å². The molecule has 0 aliphatic rings. The molecule has 144 valence electrons. The van der Waals surface area contributed by atoms with E-state index in [0.717, 1.165) is 19.3 Å². The molecule has 26 heavy (non-hydrogen) atoms. The third kappa shape index (κ3) is 7.58. The van der Waals surface area contributed by atoms with E-state index < -0.39 is 8.80 Å². The third-order valence-corrected chi connectivity index (χ3v) is 6.33. The fraction of sp³-hybridized carbons (Fsp3) is 0.545. The van der Waals surface area contributed by atoms with Crippen LogP contribution in [0.3, 0.4) is 0 Å². The first kappa shape index (κ1) is 21.1. The van der Waals surface area contributed by atoms with Crippen molar-refractivity contribution in [1.82, 2.24) is 0 Å². The summed E-state index contributed by atoms with van der Waals surface area (Å²) in [5.74, 6) is 0.649. The van der Waals surface area contributed by atoms with Crippen LogP contribution in [-0.4, -0.2) is 23.2 Å². The number of unbranched alkanes of at least 4 members (excludes halogenated alkanes) is 6. The Bertz CT molecular complexity index is 651. The first-order valence-electron chi connectivity index (χ1n) is 10.2. The molecule has 0 saturated heterocycles. The number of hydrogen-bond acceptors (Lipinski definition) is 3. The van der Waals surface area contributed by atoms with Gasteiger partial charge in [0.25, 0.3) is 0 Å². The lowest BCUT2D eigenvalue weighted by molar-refractivity contribution is 0.226. The van der Waals surface area contributed by atoms with Gasteiger partial charge in [0.1, 0.15) is 0 Å². The molecule has 0 aliphatic heterocycles. The molecule has 2 aromatic carbocycles. The van der Waals surface area contributed by atoms with Gasteiger partial charge < -0.3 is 14.4 Å². The Hall–Kier alpha value is -1.20. The van der Waals surface area contributed by atoms with Crippen molar-refractivity contribution in [3.8, 4) is 0 Å². The van der Waals surface area contributed by atoms with E-state index in [1.165, 1.54) is 54.9 Å². The Kier molecular flexibility index (Phi) is 8.79. The maximum atomic E-state index is 8.97. The molecular formula is C22H34O3Si. The normalized spacial score (nSPS) is 13.2. The lowest BCUT2D eigenvalue weighted by Gasteiger charge is -2.16. The van der Waals surface area contributed by atoms with Crippen LogP contribution in [0.1, 0.15) is 76.2 Å². The fourth-order valence-corrected chi connectivity index (χ4v) is 4.43. The van der Waals surface area contributed by atoms with E-state index in [2.05, 4.69) is 49.4 Å². The topological polar surface area (TPSA) is 60.7 Å². The molecule has 0 bridgehead atoms. The minimum absolute atomic E-state index is 0.178. The van der Waals surface area contributed by atoms with Crippen LogP contribution in [0, 0.1) is 0 Å². The summed E-state index contributed by atoms with van der Waals surface area (Å²) in [7, 11) is -3.80. The van der Waals surface area contributed by atoms with Gasteiger partial charge in [-0.25, -0.2) is 0 Å². The summed E-state index contributed by atoms with van der Waals surface area (Å²) >= 11 is 0. The van der Waals surface area contributed by atoms with Gasteiger partial charge in [0.2, 0.25) is 0 Å². The van der Waals surface area contributed by atoms with Gasteiger partial charge in [-0.2, -0.15) is 0 Å². The number of fused-ring (bicyclic) bond motifs is 1. The molecule has 3 nitrogen and oxygen atoms in total. The van der Waals surface area contributed by atoms with Gasteiger partial charge >= 0.3 is 8.80 Å². The van der Waals surface area contributed by atoms with E-state index in [9.17, 15) is 0 Å². The number of rotatable bonds is 12. The van der Waals surface area contributed by atoms with Gasteiger partial charge in [0, 0.05) is 6.04 Å². The second kappa shape index (κ2) is 10.8. The Morgan fingerprint density at radius 3 is 2.04 bits per heavy atom. The van der Waals surface area contributed by atoms with Crippen molar-refractivity contribution in [3.63, 3.8) is 0 Å². The quantitative estimate of drug-likeness (QED) is 0.346. The lowest BCUT2D eigenvalue weighted by Crippen LogP contribution is -2.33. The Morgan fingerprint density at radius 2 is 1.38 bits per heavy atom. The summed E-state index contributed by atoms with van der Waals surface area (Å²) in [5, 5.41) is 2.65. The molecule has 0 aliphatic carbocycles. The average Bonchev–Trinajstić information content (AvgIpc) is 2.62. The summed E-state index contributed by atoms with van der Waals surface area (Å²) < 4.78 is 0. The highest BCUT2D eigenvalue weighted by atomic mass is 28.4. The summed E-state index contributed by atoms with van der Waals surface area (Å²) in [6.45, 7) is 2.28. The summed E-state index contributed by atoms with van der Waals surface area (Å²) in [4.78, 5) is 26.9. The van der Waals surface area contributed by atoms with Crippen LogP contribution in [0.5, 0.6) is 0 Å². The highest BCUT2D eigenvalue weighted by molar-refractivity contribution is 6.56. The largest absolute Gasteiger partial charge is 0.492 e. The molecule has 3 N–H and O–H groups in total. The fourth-order valence-electron chi connectivity index (χ4n) is 3.71. The first-order valence-corrected chi connectivity index (χ1v) is 12.2. The van der Waals surface area contributed by atoms with Gasteiger partial charge in [-0.3, -0.25) is 0 Å². The molecule has 0 heterocycles. The van der Waals surface area contributed by atoms with Crippen LogP contribution in [-0.2, 0) is 0 Å². The van der Waals surface area contributed by atoms with E-state index in [-0.39, 0.29) is 6.04 Å². The highest BCUT2D eigenvalue weighted by Crippen LogP contribution is 2.28. The first-order chi connectivity index (χ1) is 12.5. The molecule has 2 aromatic rings. The summed E-state index contributed by atoms with van der Waals surface area (Å²) in [5.41, 5.74) is 1.47. The molecule has 0 aromatic heterocycles. The molecule has 0 radical (unpaired) electrons. The van der Waals surface area contributed by atoms with Gasteiger partial charge in [-0.15, -0.1) is 0 Å². The Morgan fingerprint density at radius 1 is 0.769 bits per heavy atom. The van der Waals surface area contributed by atoms with Crippen LogP contribution >= 0.6 is 0 Å². The number of hydrogen-bond donors (Lipinski definition) is 3. The van der Waals surface area contributed by atoms with Crippen LogP contribution in [0.4, 0.5) is 0 Å². The van der Waals surface area contributed by atoms with Crippen molar-refractivity contribution in [1.29, 1.82) is 0 Å². The summed E-state index contributed by atoms with van der Waals surface area (Å²) in [6.07, 6.45) is 10.2. The summed E-state index contributed by atoms with van der Waals surface area (Å²) in [6, 6.07) is 15.6. The third-order valence-electron chi connectivity index (χ3n) is 5.30. The highest BCUT2D eigenvalue weighted by Gasteiger charge is 2.25. The second-order valence-corrected chi connectivity index (χ2v) is 9.55. The van der Waals surface area contributed by atoms with E-state index in [4.69, 9.17) is 14.4 Å². The van der Waals surface area contributed by atoms with Crippen molar-refractivity contribution in [2.45, 2.75) is 76.7 Å². The Balaban J connectivity index is 1.64. The minimum Gasteiger partial charge on any atom is -0.390 e. The predicted octanol–water partition coefficient (Wildman–Crippen LogP) is 5.37.